The zero-order valence-electron chi connectivity index (χ0n) is 7.27. The fourth-order valence-electron chi connectivity index (χ4n) is 1.05. The van der Waals surface area contributed by atoms with Crippen LogP contribution in [0.25, 0.3) is 0 Å². The molecule has 3 N–H and O–H groups in total. The summed E-state index contributed by atoms with van der Waals surface area (Å²) in [5.74, 6) is 0.444. The summed E-state index contributed by atoms with van der Waals surface area (Å²) < 4.78 is 0. The molecular weight excluding hydrogens is 180 g/mol. The first kappa shape index (κ1) is 8.43. The lowest BCUT2D eigenvalue weighted by atomic mass is 10.3. The Kier molecular flexibility index (Phi) is 1.98. The van der Waals surface area contributed by atoms with Crippen LogP contribution in [0, 0.1) is 0 Å². The second-order valence-corrected chi connectivity index (χ2v) is 2.78. The highest BCUT2D eigenvalue weighted by Crippen LogP contribution is 2.10. The third-order valence-electron chi connectivity index (χ3n) is 1.70. The number of hydrogen-bond acceptors (Lipinski definition) is 3. The van der Waals surface area contributed by atoms with Crippen molar-refractivity contribution in [3.63, 3.8) is 0 Å². The van der Waals surface area contributed by atoms with E-state index in [-0.39, 0.29) is 0 Å². The Morgan fingerprint density at radius 3 is 2.50 bits per heavy atom. The standard InChI is InChI=1S/C9H8N4O/c10-6-1-3-7(4-2-6)12-8-5-11-9(14)13-8/h1-5H,10H2,(H,12,13,14). The molecule has 0 atom stereocenters. The van der Waals surface area contributed by atoms with E-state index < -0.39 is 6.03 Å². The van der Waals surface area contributed by atoms with E-state index in [1.54, 1.807) is 24.3 Å². The average Bonchev–Trinajstić information content (AvgIpc) is 2.56. The van der Waals surface area contributed by atoms with E-state index in [4.69, 9.17) is 5.73 Å². The summed E-state index contributed by atoms with van der Waals surface area (Å²) in [6.07, 6.45) is 1.39. The largest absolute Gasteiger partial charge is 0.399 e. The number of hydrogen-bond donors (Lipinski definition) is 2. The molecule has 5 heteroatoms. The van der Waals surface area contributed by atoms with Gasteiger partial charge < -0.3 is 11.1 Å². The van der Waals surface area contributed by atoms with E-state index in [0.29, 0.717) is 11.5 Å². The Balaban J connectivity index is 2.12. The fourth-order valence-corrected chi connectivity index (χ4v) is 1.05. The van der Waals surface area contributed by atoms with E-state index >= 15 is 0 Å². The molecule has 1 heterocycles. The summed E-state index contributed by atoms with van der Waals surface area (Å²) in [4.78, 5) is 17.7. The van der Waals surface area contributed by atoms with Crippen LogP contribution in [-0.2, 0) is 0 Å². The van der Waals surface area contributed by atoms with E-state index in [9.17, 15) is 4.79 Å². The number of amidine groups is 1. The van der Waals surface area contributed by atoms with Crippen molar-refractivity contribution in [2.45, 2.75) is 0 Å². The van der Waals surface area contributed by atoms with Crippen molar-refractivity contribution in [3.8, 4) is 0 Å². The Morgan fingerprint density at radius 2 is 1.93 bits per heavy atom. The molecule has 5 nitrogen and oxygen atoms in total. The maximum absolute atomic E-state index is 10.7. The highest BCUT2D eigenvalue weighted by molar-refractivity contribution is 6.40. The molecule has 1 aliphatic rings. The van der Waals surface area contributed by atoms with Crippen molar-refractivity contribution < 1.29 is 4.79 Å². The molecule has 0 unspecified atom stereocenters. The molecule has 0 fully saturated rings. The first-order valence-corrected chi connectivity index (χ1v) is 4.03. The van der Waals surface area contributed by atoms with Crippen molar-refractivity contribution in [3.05, 3.63) is 24.3 Å². The molecule has 0 radical (unpaired) electrons. The minimum atomic E-state index is -0.483. The van der Waals surface area contributed by atoms with E-state index in [2.05, 4.69) is 15.3 Å². The fraction of sp³-hybridized carbons (Fsp3) is 0. The lowest BCUT2D eigenvalue weighted by Gasteiger charge is -2.02. The number of carbonyl (C=O) groups excluding carboxylic acids is 1. The molecule has 2 amide bonds. The first-order chi connectivity index (χ1) is 6.74. The molecule has 70 valence electrons. The molecule has 1 aliphatic heterocycles. The SMILES string of the molecule is Nc1ccc(NC2=NC(=O)N=C2)cc1. The third kappa shape index (κ3) is 1.77. The molecule has 14 heavy (non-hydrogen) atoms. The molecular formula is C9H8N4O. The minimum Gasteiger partial charge on any atom is -0.399 e. The van der Waals surface area contributed by atoms with E-state index in [1.807, 2.05) is 0 Å². The number of aliphatic imine (C=N–C) groups is 2. The summed E-state index contributed by atoms with van der Waals surface area (Å²) >= 11 is 0. The van der Waals surface area contributed by atoms with Crippen LogP contribution in [0.5, 0.6) is 0 Å². The van der Waals surface area contributed by atoms with Gasteiger partial charge in [-0.05, 0) is 24.3 Å². The topological polar surface area (TPSA) is 79.8 Å². The molecule has 1 aromatic rings. The van der Waals surface area contributed by atoms with Crippen molar-refractivity contribution in [2.75, 3.05) is 11.1 Å². The smallest absolute Gasteiger partial charge is 0.369 e. The summed E-state index contributed by atoms with van der Waals surface area (Å²) in [6.45, 7) is 0. The van der Waals surface area contributed by atoms with Crippen LogP contribution in [0.1, 0.15) is 0 Å². The number of nitrogens with zero attached hydrogens (tertiary/aromatic N) is 2. The number of anilines is 2. The average molecular weight is 188 g/mol. The van der Waals surface area contributed by atoms with Gasteiger partial charge in [0, 0.05) is 11.4 Å². The first-order valence-electron chi connectivity index (χ1n) is 4.03. The quantitative estimate of drug-likeness (QED) is 0.651. The van der Waals surface area contributed by atoms with Gasteiger partial charge in [0.15, 0.2) is 5.84 Å². The Hall–Kier alpha value is -2.17. The van der Waals surface area contributed by atoms with Gasteiger partial charge in [-0.15, -0.1) is 0 Å². The zero-order chi connectivity index (χ0) is 9.97. The van der Waals surface area contributed by atoms with Crippen LogP contribution < -0.4 is 11.1 Å². The molecule has 0 spiro atoms. The van der Waals surface area contributed by atoms with Crippen LogP contribution in [-0.4, -0.2) is 18.1 Å². The van der Waals surface area contributed by atoms with Gasteiger partial charge in [0.05, 0.1) is 6.21 Å². The number of urea groups is 1. The Bertz CT molecular complexity index is 419. The molecule has 0 aliphatic carbocycles. The molecule has 0 saturated heterocycles. The lowest BCUT2D eigenvalue weighted by Crippen LogP contribution is -2.10. The van der Waals surface area contributed by atoms with Crippen LogP contribution in [0.2, 0.25) is 0 Å². The summed E-state index contributed by atoms with van der Waals surface area (Å²) in [5, 5.41) is 2.92. The Morgan fingerprint density at radius 1 is 1.21 bits per heavy atom. The van der Waals surface area contributed by atoms with E-state index in [0.717, 1.165) is 5.69 Å². The predicted octanol–water partition coefficient (Wildman–Crippen LogP) is 1.28. The molecule has 2 rings (SSSR count). The van der Waals surface area contributed by atoms with Crippen molar-refractivity contribution in [1.29, 1.82) is 0 Å². The van der Waals surface area contributed by atoms with Gasteiger partial charge in [-0.2, -0.15) is 9.98 Å². The van der Waals surface area contributed by atoms with E-state index in [1.165, 1.54) is 6.21 Å². The number of nitrogens with two attached hydrogens (primary N) is 1. The molecule has 1 aromatic carbocycles. The van der Waals surface area contributed by atoms with Crippen LogP contribution in [0.15, 0.2) is 34.3 Å². The molecule has 0 bridgehead atoms. The van der Waals surface area contributed by atoms with Gasteiger partial charge in [-0.3, -0.25) is 0 Å². The zero-order valence-corrected chi connectivity index (χ0v) is 7.27. The van der Waals surface area contributed by atoms with Gasteiger partial charge >= 0.3 is 6.03 Å². The summed E-state index contributed by atoms with van der Waals surface area (Å²) in [7, 11) is 0. The second-order valence-electron chi connectivity index (χ2n) is 2.78. The van der Waals surface area contributed by atoms with Gasteiger partial charge in [0.25, 0.3) is 0 Å². The normalized spacial score (nSPS) is 14.3. The number of amides is 2. The van der Waals surface area contributed by atoms with Gasteiger partial charge in [-0.25, -0.2) is 4.79 Å². The number of benzene rings is 1. The lowest BCUT2D eigenvalue weighted by molar-refractivity contribution is 0.257. The highest BCUT2D eigenvalue weighted by atomic mass is 16.2. The number of rotatable bonds is 1. The number of carbonyl (C=O) groups is 1. The van der Waals surface area contributed by atoms with Crippen LogP contribution in [0.3, 0.4) is 0 Å². The van der Waals surface area contributed by atoms with Crippen LogP contribution in [0.4, 0.5) is 16.2 Å². The maximum atomic E-state index is 10.7. The predicted molar refractivity (Wildman–Crippen MR) is 55.8 cm³/mol. The van der Waals surface area contributed by atoms with Gasteiger partial charge in [0.1, 0.15) is 0 Å². The molecule has 0 aromatic heterocycles. The van der Waals surface area contributed by atoms with Gasteiger partial charge in [0.2, 0.25) is 0 Å². The molecule has 0 saturated carbocycles. The maximum Gasteiger partial charge on any atom is 0.369 e. The van der Waals surface area contributed by atoms with Crippen molar-refractivity contribution >= 4 is 29.5 Å². The summed E-state index contributed by atoms with van der Waals surface area (Å²) in [5.41, 5.74) is 7.03. The highest BCUT2D eigenvalue weighted by Gasteiger charge is 2.07. The van der Waals surface area contributed by atoms with Gasteiger partial charge in [-0.1, -0.05) is 0 Å². The van der Waals surface area contributed by atoms with Crippen molar-refractivity contribution in [2.24, 2.45) is 9.98 Å². The third-order valence-corrected chi connectivity index (χ3v) is 1.70. The number of nitrogens with one attached hydrogen (secondary N) is 1. The van der Waals surface area contributed by atoms with Crippen molar-refractivity contribution in [1.82, 2.24) is 0 Å². The second kappa shape index (κ2) is 3.29. The summed E-state index contributed by atoms with van der Waals surface area (Å²) in [6, 6.07) is 6.64. The van der Waals surface area contributed by atoms with Crippen LogP contribution >= 0.6 is 0 Å². The number of nitrogen functional groups attached to an aromatic ring is 1. The monoisotopic (exact) mass is 188 g/mol. The Labute approximate surface area is 80.4 Å². The minimum absolute atomic E-state index is 0.444.